The van der Waals surface area contributed by atoms with E-state index in [1.54, 1.807) is 24.3 Å². The second kappa shape index (κ2) is 11.2. The highest BCUT2D eigenvalue weighted by molar-refractivity contribution is 6.51. The minimum absolute atomic E-state index is 0.0772. The van der Waals surface area contributed by atoms with Gasteiger partial charge < -0.3 is 19.3 Å². The lowest BCUT2D eigenvalue weighted by Gasteiger charge is -2.26. The number of carbonyl (C=O) groups is 2. The summed E-state index contributed by atoms with van der Waals surface area (Å²) in [6, 6.07) is 16.7. The van der Waals surface area contributed by atoms with Gasteiger partial charge in [-0.1, -0.05) is 49.7 Å². The van der Waals surface area contributed by atoms with Crippen molar-refractivity contribution in [2.24, 2.45) is 0 Å². The standard InChI is InChI=1S/C30H30ClNO6/c1-6-38-21-13-9-19(10-14-21)27-26(28(33)22-15-23(31)25(37-5)16-24(22)36-4)29(34)30(35)32(27)20-11-7-18(8-12-20)17(2)3/h7-17,27,33H,6H2,1-5H3/b28-26+. The maximum Gasteiger partial charge on any atom is 0.300 e. The number of rotatable bonds is 8. The molecule has 1 heterocycles. The van der Waals surface area contributed by atoms with Crippen LogP contribution in [0.4, 0.5) is 5.69 Å². The van der Waals surface area contributed by atoms with Crippen LogP contribution in [0, 0.1) is 0 Å². The van der Waals surface area contributed by atoms with Crippen molar-refractivity contribution in [3.63, 3.8) is 0 Å². The second-order valence-electron chi connectivity index (χ2n) is 9.10. The van der Waals surface area contributed by atoms with Gasteiger partial charge in [0, 0.05) is 11.8 Å². The molecule has 1 aliphatic rings. The van der Waals surface area contributed by atoms with Crippen LogP contribution >= 0.6 is 11.6 Å². The van der Waals surface area contributed by atoms with Crippen molar-refractivity contribution in [1.29, 1.82) is 0 Å². The monoisotopic (exact) mass is 535 g/mol. The van der Waals surface area contributed by atoms with Gasteiger partial charge in [-0.15, -0.1) is 0 Å². The van der Waals surface area contributed by atoms with Gasteiger partial charge in [0.15, 0.2) is 0 Å². The molecule has 1 unspecified atom stereocenters. The molecule has 1 N–H and O–H groups in total. The van der Waals surface area contributed by atoms with E-state index in [0.29, 0.717) is 35.3 Å². The average molecular weight is 536 g/mol. The molecule has 0 saturated carbocycles. The zero-order chi connectivity index (χ0) is 27.6. The summed E-state index contributed by atoms with van der Waals surface area (Å²) in [5.74, 6) is -0.434. The van der Waals surface area contributed by atoms with E-state index in [4.69, 9.17) is 25.8 Å². The minimum Gasteiger partial charge on any atom is -0.507 e. The summed E-state index contributed by atoms with van der Waals surface area (Å²) < 4.78 is 16.3. The number of aliphatic hydroxyl groups is 1. The average Bonchev–Trinajstić information content (AvgIpc) is 3.18. The third-order valence-corrected chi connectivity index (χ3v) is 6.81. The van der Waals surface area contributed by atoms with Crippen molar-refractivity contribution < 1.29 is 28.9 Å². The first kappa shape index (κ1) is 27.1. The van der Waals surface area contributed by atoms with Crippen molar-refractivity contribution in [2.45, 2.75) is 32.7 Å². The molecular formula is C30H30ClNO6. The van der Waals surface area contributed by atoms with Gasteiger partial charge in [0.2, 0.25) is 0 Å². The normalized spacial score (nSPS) is 16.7. The molecule has 4 rings (SSSR count). The lowest BCUT2D eigenvalue weighted by Crippen LogP contribution is -2.29. The molecule has 38 heavy (non-hydrogen) atoms. The van der Waals surface area contributed by atoms with Crippen LogP contribution < -0.4 is 19.1 Å². The molecule has 8 heteroatoms. The Bertz CT molecular complexity index is 1380. The topological polar surface area (TPSA) is 85.3 Å². The van der Waals surface area contributed by atoms with Crippen LogP contribution in [-0.4, -0.2) is 37.6 Å². The number of carbonyl (C=O) groups excluding carboxylic acids is 2. The third-order valence-electron chi connectivity index (χ3n) is 6.52. The maximum absolute atomic E-state index is 13.5. The number of benzene rings is 3. The minimum atomic E-state index is -0.902. The van der Waals surface area contributed by atoms with E-state index >= 15 is 0 Å². The fourth-order valence-corrected chi connectivity index (χ4v) is 4.78. The number of amides is 1. The molecule has 198 valence electrons. The Labute approximate surface area is 227 Å². The maximum atomic E-state index is 13.5. The van der Waals surface area contributed by atoms with Crippen molar-refractivity contribution >= 4 is 34.7 Å². The first-order valence-corrected chi connectivity index (χ1v) is 12.6. The van der Waals surface area contributed by atoms with E-state index in [2.05, 4.69) is 13.8 Å². The van der Waals surface area contributed by atoms with Gasteiger partial charge in [-0.05, 0) is 54.3 Å². The number of anilines is 1. The van der Waals surface area contributed by atoms with E-state index in [1.165, 1.54) is 31.3 Å². The smallest absolute Gasteiger partial charge is 0.300 e. The van der Waals surface area contributed by atoms with Crippen LogP contribution in [0.2, 0.25) is 5.02 Å². The highest BCUT2D eigenvalue weighted by atomic mass is 35.5. The molecule has 3 aromatic carbocycles. The largest absolute Gasteiger partial charge is 0.507 e. The van der Waals surface area contributed by atoms with E-state index in [-0.39, 0.29) is 21.9 Å². The van der Waals surface area contributed by atoms with Gasteiger partial charge >= 0.3 is 0 Å². The summed E-state index contributed by atoms with van der Waals surface area (Å²) in [6.45, 7) is 6.54. The molecule has 0 radical (unpaired) electrons. The number of nitrogens with zero attached hydrogens (tertiary/aromatic N) is 1. The number of hydrogen-bond donors (Lipinski definition) is 1. The SMILES string of the molecule is CCOc1ccc(C2/C(=C(\O)c3cc(Cl)c(OC)cc3OC)C(=O)C(=O)N2c2ccc(C(C)C)cc2)cc1. The Balaban J connectivity index is 1.94. The Hall–Kier alpha value is -3.97. The fraction of sp³-hybridized carbons (Fsp3) is 0.267. The van der Waals surface area contributed by atoms with Gasteiger partial charge in [-0.25, -0.2) is 0 Å². The molecule has 0 spiro atoms. The van der Waals surface area contributed by atoms with Crippen LogP contribution in [0.15, 0.2) is 66.2 Å². The summed E-state index contributed by atoms with van der Waals surface area (Å²) in [7, 11) is 2.89. The van der Waals surface area contributed by atoms with Gasteiger partial charge in [0.1, 0.15) is 23.0 Å². The Morgan fingerprint density at radius 2 is 1.61 bits per heavy atom. The Morgan fingerprint density at radius 1 is 0.974 bits per heavy atom. The summed E-state index contributed by atoms with van der Waals surface area (Å²) in [6.07, 6.45) is 0. The molecule has 1 atom stereocenters. The molecule has 3 aromatic rings. The van der Waals surface area contributed by atoms with Crippen LogP contribution in [0.1, 0.15) is 49.4 Å². The second-order valence-corrected chi connectivity index (χ2v) is 9.51. The number of halogens is 1. The zero-order valence-electron chi connectivity index (χ0n) is 21.9. The molecule has 0 aliphatic carbocycles. The molecule has 0 bridgehead atoms. The molecule has 7 nitrogen and oxygen atoms in total. The predicted molar refractivity (Wildman–Crippen MR) is 147 cm³/mol. The van der Waals surface area contributed by atoms with Crippen LogP contribution in [0.25, 0.3) is 5.76 Å². The van der Waals surface area contributed by atoms with Crippen molar-refractivity contribution in [2.75, 3.05) is 25.7 Å². The van der Waals surface area contributed by atoms with Crippen molar-refractivity contribution in [3.8, 4) is 17.2 Å². The molecule has 1 saturated heterocycles. The van der Waals surface area contributed by atoms with Crippen molar-refractivity contribution in [3.05, 3.63) is 87.9 Å². The molecule has 1 amide bonds. The Morgan fingerprint density at radius 3 is 2.16 bits per heavy atom. The van der Waals surface area contributed by atoms with E-state index in [0.717, 1.165) is 5.56 Å². The van der Waals surface area contributed by atoms with Crippen LogP contribution in [-0.2, 0) is 9.59 Å². The van der Waals surface area contributed by atoms with E-state index in [9.17, 15) is 14.7 Å². The Kier molecular flexibility index (Phi) is 7.97. The first-order chi connectivity index (χ1) is 18.2. The van der Waals surface area contributed by atoms with Crippen molar-refractivity contribution in [1.82, 2.24) is 0 Å². The molecular weight excluding hydrogens is 506 g/mol. The summed E-state index contributed by atoms with van der Waals surface area (Å²) in [5, 5.41) is 11.8. The van der Waals surface area contributed by atoms with E-state index in [1.807, 2.05) is 31.2 Å². The highest BCUT2D eigenvalue weighted by Gasteiger charge is 2.47. The number of ketones is 1. The van der Waals surface area contributed by atoms with Crippen LogP contribution in [0.3, 0.4) is 0 Å². The van der Waals surface area contributed by atoms with Gasteiger partial charge in [0.25, 0.3) is 11.7 Å². The zero-order valence-corrected chi connectivity index (χ0v) is 22.7. The van der Waals surface area contributed by atoms with E-state index < -0.39 is 23.5 Å². The molecule has 0 aromatic heterocycles. The number of methoxy groups -OCH3 is 2. The fourth-order valence-electron chi connectivity index (χ4n) is 4.54. The lowest BCUT2D eigenvalue weighted by atomic mass is 9.94. The third kappa shape index (κ3) is 4.94. The summed E-state index contributed by atoms with van der Waals surface area (Å²) >= 11 is 6.35. The summed E-state index contributed by atoms with van der Waals surface area (Å²) in [5.41, 5.74) is 2.35. The number of aliphatic hydroxyl groups excluding tert-OH is 1. The van der Waals surface area contributed by atoms with Gasteiger partial charge in [-0.2, -0.15) is 0 Å². The molecule has 1 fully saturated rings. The number of ether oxygens (including phenoxy) is 3. The lowest BCUT2D eigenvalue weighted by molar-refractivity contribution is -0.132. The first-order valence-electron chi connectivity index (χ1n) is 12.3. The number of Topliss-reactive ketones (excluding diaryl/α,β-unsaturated/α-hetero) is 1. The summed E-state index contributed by atoms with van der Waals surface area (Å²) in [4.78, 5) is 28.4. The predicted octanol–water partition coefficient (Wildman–Crippen LogP) is 6.51. The molecule has 1 aliphatic heterocycles. The van der Waals surface area contributed by atoms with Gasteiger partial charge in [-0.3, -0.25) is 14.5 Å². The van der Waals surface area contributed by atoms with Crippen LogP contribution in [0.5, 0.6) is 17.2 Å². The quantitative estimate of drug-likeness (QED) is 0.201. The highest BCUT2D eigenvalue weighted by Crippen LogP contribution is 2.45. The van der Waals surface area contributed by atoms with Gasteiger partial charge in [0.05, 0.1) is 43.0 Å². The number of hydrogen-bond acceptors (Lipinski definition) is 6.